The van der Waals surface area contributed by atoms with Crippen LogP contribution in [0.4, 0.5) is 5.82 Å². The van der Waals surface area contributed by atoms with E-state index in [2.05, 4.69) is 23.9 Å². The molecule has 0 unspecified atom stereocenters. The van der Waals surface area contributed by atoms with Crippen LogP contribution < -0.4 is 9.64 Å². The molecule has 208 valence electrons. The number of carbonyl (C=O) groups is 1. The Balaban J connectivity index is 1.32. The molecule has 0 spiro atoms. The van der Waals surface area contributed by atoms with Crippen LogP contribution >= 0.6 is 11.6 Å². The topological polar surface area (TPSA) is 84.6 Å². The van der Waals surface area contributed by atoms with Gasteiger partial charge >= 0.3 is 0 Å². The van der Waals surface area contributed by atoms with Crippen molar-refractivity contribution in [1.82, 2.24) is 20.0 Å². The molecule has 3 heterocycles. The van der Waals surface area contributed by atoms with Gasteiger partial charge < -0.3 is 19.1 Å². The molecule has 0 atom stereocenters. The Labute approximate surface area is 243 Å². The molecule has 0 saturated carbocycles. The minimum absolute atomic E-state index is 0.0653. The summed E-state index contributed by atoms with van der Waals surface area (Å²) >= 11 is 6.31. The first-order chi connectivity index (χ1) is 20.0. The van der Waals surface area contributed by atoms with Gasteiger partial charge in [-0.15, -0.1) is 0 Å². The largest absolute Gasteiger partial charge is 0.457 e. The predicted molar refractivity (Wildman–Crippen MR) is 160 cm³/mol. The number of aromatic nitrogens is 3. The zero-order chi connectivity index (χ0) is 28.3. The zero-order valence-corrected chi connectivity index (χ0v) is 23.7. The fourth-order valence-electron chi connectivity index (χ4n) is 5.02. The minimum atomic E-state index is -0.0653. The summed E-state index contributed by atoms with van der Waals surface area (Å²) in [7, 11) is 0. The van der Waals surface area contributed by atoms with E-state index >= 15 is 0 Å². The summed E-state index contributed by atoms with van der Waals surface area (Å²) in [6.07, 6.45) is 0.713. The molecule has 5 aromatic rings. The monoisotopic (exact) mass is 567 g/mol. The van der Waals surface area contributed by atoms with Crippen LogP contribution in [0.15, 0.2) is 83.4 Å². The average Bonchev–Trinajstić information content (AvgIpc) is 3.41. The third-order valence-electron chi connectivity index (χ3n) is 7.01. The lowest BCUT2D eigenvalue weighted by molar-refractivity contribution is 0.0746. The van der Waals surface area contributed by atoms with E-state index in [-0.39, 0.29) is 5.91 Å². The van der Waals surface area contributed by atoms with Crippen LogP contribution in [-0.4, -0.2) is 52.1 Å². The molecule has 8 nitrogen and oxygen atoms in total. The van der Waals surface area contributed by atoms with Gasteiger partial charge in [0.25, 0.3) is 11.6 Å². The van der Waals surface area contributed by atoms with E-state index in [1.807, 2.05) is 71.6 Å². The number of amides is 1. The highest BCUT2D eigenvalue weighted by Gasteiger charge is 2.28. The summed E-state index contributed by atoms with van der Waals surface area (Å²) in [5, 5.41) is 5.65. The van der Waals surface area contributed by atoms with Gasteiger partial charge in [-0.3, -0.25) is 4.79 Å². The summed E-state index contributed by atoms with van der Waals surface area (Å²) in [6, 6.07) is 24.6. The Hall–Kier alpha value is -4.43. The number of nitrogens with zero attached hydrogens (tertiary/aromatic N) is 5. The summed E-state index contributed by atoms with van der Waals surface area (Å²) < 4.78 is 11.9. The number of halogens is 1. The van der Waals surface area contributed by atoms with E-state index < -0.39 is 0 Å². The van der Waals surface area contributed by atoms with Crippen molar-refractivity contribution in [3.8, 4) is 22.8 Å². The molecule has 6 rings (SSSR count). The number of hydrogen-bond donors (Lipinski definition) is 0. The number of rotatable bonds is 7. The molecular formula is C32H30ClN5O3. The van der Waals surface area contributed by atoms with Gasteiger partial charge in [-0.1, -0.05) is 73.1 Å². The molecule has 0 N–H and O–H groups in total. The maximum Gasteiger partial charge on any atom is 0.263 e. The van der Waals surface area contributed by atoms with E-state index in [1.165, 1.54) is 0 Å². The van der Waals surface area contributed by atoms with E-state index in [0.29, 0.717) is 72.1 Å². The van der Waals surface area contributed by atoms with Gasteiger partial charge in [-0.05, 0) is 42.3 Å². The molecule has 0 radical (unpaired) electrons. The normalized spacial score (nSPS) is 13.7. The Bertz CT molecular complexity index is 1680. The third-order valence-corrected chi connectivity index (χ3v) is 7.34. The molecule has 0 aliphatic carbocycles. The predicted octanol–water partition coefficient (Wildman–Crippen LogP) is 6.89. The van der Waals surface area contributed by atoms with Gasteiger partial charge in [0, 0.05) is 38.2 Å². The number of carbonyl (C=O) groups excluding carboxylic acids is 1. The number of benzene rings is 3. The second kappa shape index (κ2) is 11.6. The SMILES string of the molecule is CC(C)Cc1nc(N2CCN(C(=O)c3ccccc3Cl)CC2)c2c(-c3cccc(Oc4ccccc4)c3)noc2n1. The number of piperazine rings is 1. The van der Waals surface area contributed by atoms with Crippen molar-refractivity contribution in [2.75, 3.05) is 31.1 Å². The van der Waals surface area contributed by atoms with Crippen molar-refractivity contribution in [2.45, 2.75) is 20.3 Å². The van der Waals surface area contributed by atoms with Crippen LogP contribution in [-0.2, 0) is 6.42 Å². The third kappa shape index (κ3) is 5.74. The number of para-hydroxylation sites is 1. The van der Waals surface area contributed by atoms with Gasteiger partial charge in [-0.25, -0.2) is 4.98 Å². The van der Waals surface area contributed by atoms with Crippen molar-refractivity contribution in [2.24, 2.45) is 5.92 Å². The average molecular weight is 568 g/mol. The zero-order valence-electron chi connectivity index (χ0n) is 23.0. The Morgan fingerprint density at radius 1 is 0.927 bits per heavy atom. The quantitative estimate of drug-likeness (QED) is 0.212. The van der Waals surface area contributed by atoms with Crippen molar-refractivity contribution >= 4 is 34.4 Å². The molecule has 1 aliphatic heterocycles. The highest BCUT2D eigenvalue weighted by Crippen LogP contribution is 2.36. The van der Waals surface area contributed by atoms with Crippen molar-refractivity contribution < 1.29 is 14.1 Å². The minimum Gasteiger partial charge on any atom is -0.457 e. The molecule has 1 saturated heterocycles. The highest BCUT2D eigenvalue weighted by atomic mass is 35.5. The Kier molecular flexibility index (Phi) is 7.57. The van der Waals surface area contributed by atoms with Crippen LogP contribution in [0, 0.1) is 5.92 Å². The molecule has 1 aliphatic rings. The first-order valence-corrected chi connectivity index (χ1v) is 14.1. The number of ether oxygens (including phenoxy) is 1. The number of anilines is 1. The maximum atomic E-state index is 13.2. The number of fused-ring (bicyclic) bond motifs is 1. The van der Waals surface area contributed by atoms with Crippen LogP contribution in [0.1, 0.15) is 30.0 Å². The van der Waals surface area contributed by atoms with Crippen LogP contribution in [0.3, 0.4) is 0 Å². The molecule has 1 amide bonds. The van der Waals surface area contributed by atoms with E-state index in [1.54, 1.807) is 12.1 Å². The molecule has 0 bridgehead atoms. The summed E-state index contributed by atoms with van der Waals surface area (Å²) in [4.78, 5) is 26.9. The fraction of sp³-hybridized carbons (Fsp3) is 0.250. The first-order valence-electron chi connectivity index (χ1n) is 13.7. The Morgan fingerprint density at radius 2 is 1.66 bits per heavy atom. The van der Waals surface area contributed by atoms with Crippen molar-refractivity contribution in [3.05, 3.63) is 95.3 Å². The van der Waals surface area contributed by atoms with Crippen molar-refractivity contribution in [1.29, 1.82) is 0 Å². The maximum absolute atomic E-state index is 13.2. The molecule has 1 fully saturated rings. The summed E-state index contributed by atoms with van der Waals surface area (Å²) in [5.74, 6) is 3.22. The lowest BCUT2D eigenvalue weighted by Crippen LogP contribution is -2.49. The number of hydrogen-bond acceptors (Lipinski definition) is 7. The highest BCUT2D eigenvalue weighted by molar-refractivity contribution is 6.33. The second-order valence-corrected chi connectivity index (χ2v) is 10.9. The molecular weight excluding hydrogens is 538 g/mol. The van der Waals surface area contributed by atoms with E-state index in [4.69, 9.17) is 30.8 Å². The Morgan fingerprint density at radius 3 is 2.41 bits per heavy atom. The molecule has 3 aromatic carbocycles. The lowest BCUT2D eigenvalue weighted by Gasteiger charge is -2.36. The summed E-state index contributed by atoms with van der Waals surface area (Å²) in [5.41, 5.74) is 2.46. The van der Waals surface area contributed by atoms with Crippen LogP contribution in [0.2, 0.25) is 5.02 Å². The van der Waals surface area contributed by atoms with Crippen LogP contribution in [0.25, 0.3) is 22.4 Å². The lowest BCUT2D eigenvalue weighted by atomic mass is 10.1. The van der Waals surface area contributed by atoms with E-state index in [9.17, 15) is 4.79 Å². The first kappa shape index (κ1) is 26.8. The van der Waals surface area contributed by atoms with Gasteiger partial charge in [0.1, 0.15) is 34.2 Å². The van der Waals surface area contributed by atoms with Gasteiger partial charge in [0.15, 0.2) is 0 Å². The standard InChI is InChI=1S/C32H30ClN5O3/c1-21(2)19-27-34-30(37-15-17-38(18-16-37)32(39)25-13-6-7-14-26(25)33)28-29(36-41-31(28)35-27)22-9-8-12-24(20-22)40-23-10-4-3-5-11-23/h3-14,20-21H,15-19H2,1-2H3. The van der Waals surface area contributed by atoms with Gasteiger partial charge in [-0.2, -0.15) is 4.98 Å². The van der Waals surface area contributed by atoms with Gasteiger partial charge in [0.05, 0.1) is 10.6 Å². The van der Waals surface area contributed by atoms with Crippen molar-refractivity contribution in [3.63, 3.8) is 0 Å². The van der Waals surface area contributed by atoms with E-state index in [0.717, 1.165) is 22.5 Å². The smallest absolute Gasteiger partial charge is 0.263 e. The summed E-state index contributed by atoms with van der Waals surface area (Å²) in [6.45, 7) is 6.55. The molecule has 2 aromatic heterocycles. The van der Waals surface area contributed by atoms with Gasteiger partial charge in [0.2, 0.25) is 0 Å². The molecule has 9 heteroatoms. The molecule has 41 heavy (non-hydrogen) atoms. The fourth-order valence-corrected chi connectivity index (χ4v) is 5.24. The van der Waals surface area contributed by atoms with Crippen LogP contribution in [0.5, 0.6) is 11.5 Å². The second-order valence-electron chi connectivity index (χ2n) is 10.5.